The number of hydrogen-bond donors (Lipinski definition) is 2. The van der Waals surface area contributed by atoms with Gasteiger partial charge in [0.1, 0.15) is 0 Å². The van der Waals surface area contributed by atoms with Gasteiger partial charge in [0.05, 0.1) is 6.61 Å². The molecule has 0 amide bonds. The molecule has 2 heterocycles. The summed E-state index contributed by atoms with van der Waals surface area (Å²) in [6, 6.07) is 0.367. The zero-order chi connectivity index (χ0) is 15.1. The van der Waals surface area contributed by atoms with Crippen molar-refractivity contribution in [1.29, 1.82) is 0 Å². The van der Waals surface area contributed by atoms with E-state index in [4.69, 9.17) is 9.84 Å². The predicted molar refractivity (Wildman–Crippen MR) is 81.8 cm³/mol. The third kappa shape index (κ3) is 4.42. The summed E-state index contributed by atoms with van der Waals surface area (Å²) in [5.74, 6) is 1.73. The summed E-state index contributed by atoms with van der Waals surface area (Å²) in [6.45, 7) is 7.39. The second kappa shape index (κ2) is 7.97. The summed E-state index contributed by atoms with van der Waals surface area (Å²) in [6.07, 6.45) is 2.90. The highest BCUT2D eigenvalue weighted by molar-refractivity contribution is 5.39. The van der Waals surface area contributed by atoms with Crippen LogP contribution in [-0.4, -0.2) is 52.9 Å². The van der Waals surface area contributed by atoms with Crippen LogP contribution in [0, 0.1) is 5.92 Å². The quantitative estimate of drug-likeness (QED) is 0.748. The van der Waals surface area contributed by atoms with Crippen LogP contribution in [0.5, 0.6) is 6.01 Å². The number of ether oxygens (including phenoxy) is 1. The minimum Gasteiger partial charge on any atom is -0.464 e. The summed E-state index contributed by atoms with van der Waals surface area (Å²) < 4.78 is 5.43. The van der Waals surface area contributed by atoms with Gasteiger partial charge < -0.3 is 20.1 Å². The average Bonchev–Trinajstić information content (AvgIpc) is 2.94. The number of nitrogens with zero attached hydrogens (tertiary/aromatic N) is 4. The van der Waals surface area contributed by atoms with Gasteiger partial charge in [0.2, 0.25) is 11.9 Å². The fraction of sp³-hybridized carbons (Fsp3) is 0.786. The lowest BCUT2D eigenvalue weighted by Crippen LogP contribution is -2.23. The molecule has 0 bridgehead atoms. The Morgan fingerprint density at radius 3 is 2.90 bits per heavy atom. The van der Waals surface area contributed by atoms with E-state index >= 15 is 0 Å². The first-order valence-electron chi connectivity index (χ1n) is 7.75. The van der Waals surface area contributed by atoms with Crippen molar-refractivity contribution in [3.8, 4) is 6.01 Å². The number of aliphatic hydroxyl groups is 1. The molecule has 0 aliphatic carbocycles. The fourth-order valence-corrected chi connectivity index (χ4v) is 2.43. The molecule has 1 aromatic heterocycles. The maximum atomic E-state index is 9.05. The Morgan fingerprint density at radius 2 is 2.19 bits per heavy atom. The lowest BCUT2D eigenvalue weighted by atomic mass is 10.1. The predicted octanol–water partition coefficient (Wildman–Crippen LogP) is 1.30. The van der Waals surface area contributed by atoms with E-state index < -0.39 is 0 Å². The molecule has 1 aliphatic heterocycles. The Labute approximate surface area is 125 Å². The lowest BCUT2D eigenvalue weighted by Gasteiger charge is -2.17. The third-order valence-electron chi connectivity index (χ3n) is 3.52. The van der Waals surface area contributed by atoms with Gasteiger partial charge >= 0.3 is 6.01 Å². The van der Waals surface area contributed by atoms with Crippen molar-refractivity contribution in [2.45, 2.75) is 33.1 Å². The summed E-state index contributed by atoms with van der Waals surface area (Å²) >= 11 is 0. The molecule has 1 aliphatic rings. The molecule has 118 valence electrons. The van der Waals surface area contributed by atoms with Crippen LogP contribution < -0.4 is 15.0 Å². The van der Waals surface area contributed by atoms with E-state index in [1.165, 1.54) is 0 Å². The molecule has 21 heavy (non-hydrogen) atoms. The summed E-state index contributed by atoms with van der Waals surface area (Å²) in [5.41, 5.74) is 0. The van der Waals surface area contributed by atoms with E-state index in [1.807, 2.05) is 6.92 Å². The number of rotatable bonds is 8. The third-order valence-corrected chi connectivity index (χ3v) is 3.52. The minimum atomic E-state index is 0.239. The van der Waals surface area contributed by atoms with Gasteiger partial charge in [0.15, 0.2) is 0 Å². The van der Waals surface area contributed by atoms with Crippen LogP contribution in [0.2, 0.25) is 0 Å². The normalized spacial score (nSPS) is 18.0. The molecule has 2 rings (SSSR count). The largest absolute Gasteiger partial charge is 0.464 e. The monoisotopic (exact) mass is 295 g/mol. The molecule has 1 unspecified atom stereocenters. The molecule has 7 heteroatoms. The Morgan fingerprint density at radius 1 is 1.33 bits per heavy atom. The smallest absolute Gasteiger partial charge is 0.323 e. The molecule has 2 N–H and O–H groups in total. The minimum absolute atomic E-state index is 0.239. The van der Waals surface area contributed by atoms with Crippen molar-refractivity contribution < 1.29 is 9.84 Å². The van der Waals surface area contributed by atoms with Crippen LogP contribution in [0.4, 0.5) is 11.9 Å². The van der Waals surface area contributed by atoms with E-state index in [2.05, 4.69) is 32.1 Å². The highest BCUT2D eigenvalue weighted by Crippen LogP contribution is 2.24. The van der Waals surface area contributed by atoms with Gasteiger partial charge in [-0.15, -0.1) is 0 Å². The first kappa shape index (κ1) is 15.8. The van der Waals surface area contributed by atoms with Crippen molar-refractivity contribution in [1.82, 2.24) is 15.0 Å². The van der Waals surface area contributed by atoms with E-state index in [0.29, 0.717) is 30.4 Å². The fourth-order valence-electron chi connectivity index (χ4n) is 2.43. The SMILES string of the molecule is CCCNc1nc(OCC)nc(N2CCC(CCO)C2)n1. The summed E-state index contributed by atoms with van der Waals surface area (Å²) in [7, 11) is 0. The number of anilines is 2. The average molecular weight is 295 g/mol. The number of nitrogens with one attached hydrogen (secondary N) is 1. The van der Waals surface area contributed by atoms with Crippen LogP contribution in [-0.2, 0) is 0 Å². The molecule has 1 aromatic rings. The van der Waals surface area contributed by atoms with Crippen LogP contribution in [0.25, 0.3) is 0 Å². The number of hydrogen-bond acceptors (Lipinski definition) is 7. The van der Waals surface area contributed by atoms with E-state index in [-0.39, 0.29) is 6.61 Å². The van der Waals surface area contributed by atoms with Gasteiger partial charge in [0, 0.05) is 26.2 Å². The van der Waals surface area contributed by atoms with E-state index in [0.717, 1.165) is 38.9 Å². The van der Waals surface area contributed by atoms with Crippen LogP contribution in [0.1, 0.15) is 33.1 Å². The maximum absolute atomic E-state index is 9.05. The Bertz CT molecular complexity index is 443. The second-order valence-corrected chi connectivity index (χ2v) is 5.21. The first-order valence-corrected chi connectivity index (χ1v) is 7.75. The first-order chi connectivity index (χ1) is 10.3. The molecule has 0 saturated carbocycles. The lowest BCUT2D eigenvalue weighted by molar-refractivity contribution is 0.263. The molecule has 1 atom stereocenters. The standard InChI is InChI=1S/C14H25N5O2/c1-3-7-15-12-16-13(18-14(17-12)21-4-2)19-8-5-11(10-19)6-9-20/h11,20H,3-10H2,1-2H3,(H,15,16,17,18). The van der Waals surface area contributed by atoms with Gasteiger partial charge in [-0.25, -0.2) is 0 Å². The molecule has 1 fully saturated rings. The molecule has 0 spiro atoms. The van der Waals surface area contributed by atoms with Crippen LogP contribution >= 0.6 is 0 Å². The van der Waals surface area contributed by atoms with Gasteiger partial charge in [-0.05, 0) is 32.1 Å². The van der Waals surface area contributed by atoms with E-state index in [9.17, 15) is 0 Å². The highest BCUT2D eigenvalue weighted by Gasteiger charge is 2.25. The second-order valence-electron chi connectivity index (χ2n) is 5.21. The summed E-state index contributed by atoms with van der Waals surface area (Å²) in [5, 5.41) is 12.2. The molecular formula is C14H25N5O2. The summed E-state index contributed by atoms with van der Waals surface area (Å²) in [4.78, 5) is 15.3. The van der Waals surface area contributed by atoms with Crippen LogP contribution in [0.3, 0.4) is 0 Å². The van der Waals surface area contributed by atoms with Gasteiger partial charge in [-0.3, -0.25) is 0 Å². The highest BCUT2D eigenvalue weighted by atomic mass is 16.5. The van der Waals surface area contributed by atoms with E-state index in [1.54, 1.807) is 0 Å². The molecule has 0 aromatic carbocycles. The van der Waals surface area contributed by atoms with Gasteiger partial charge in [-0.2, -0.15) is 15.0 Å². The topological polar surface area (TPSA) is 83.4 Å². The molecule has 0 radical (unpaired) electrons. The number of aliphatic hydroxyl groups excluding tert-OH is 1. The van der Waals surface area contributed by atoms with Crippen molar-refractivity contribution in [3.05, 3.63) is 0 Å². The maximum Gasteiger partial charge on any atom is 0.323 e. The Balaban J connectivity index is 2.11. The number of aromatic nitrogens is 3. The molecule has 7 nitrogen and oxygen atoms in total. The zero-order valence-corrected chi connectivity index (χ0v) is 12.9. The van der Waals surface area contributed by atoms with Gasteiger partial charge in [0.25, 0.3) is 0 Å². The zero-order valence-electron chi connectivity index (χ0n) is 12.9. The molecule has 1 saturated heterocycles. The van der Waals surface area contributed by atoms with Crippen LogP contribution in [0.15, 0.2) is 0 Å². The Hall–Kier alpha value is -1.63. The van der Waals surface area contributed by atoms with Crippen molar-refractivity contribution in [2.24, 2.45) is 5.92 Å². The van der Waals surface area contributed by atoms with Crippen molar-refractivity contribution in [2.75, 3.05) is 43.1 Å². The van der Waals surface area contributed by atoms with Crippen molar-refractivity contribution in [3.63, 3.8) is 0 Å². The Kier molecular flexibility index (Phi) is 5.98. The van der Waals surface area contributed by atoms with Crippen molar-refractivity contribution >= 4 is 11.9 Å². The molecular weight excluding hydrogens is 270 g/mol. The van der Waals surface area contributed by atoms with Gasteiger partial charge in [-0.1, -0.05) is 6.92 Å².